The van der Waals surface area contributed by atoms with Gasteiger partial charge in [0.25, 0.3) is 5.91 Å². The normalized spacial score (nSPS) is 22.7. The number of rotatable bonds is 3. The van der Waals surface area contributed by atoms with Crippen LogP contribution in [0.1, 0.15) is 30.1 Å². The molecule has 0 aliphatic carbocycles. The van der Waals surface area contributed by atoms with Crippen LogP contribution in [0.3, 0.4) is 0 Å². The molecule has 2 unspecified atom stereocenters. The second-order valence-electron chi connectivity index (χ2n) is 5.33. The number of benzene rings is 1. The SMILES string of the molecule is COc1cccc(F)c1C(=O)N1CCC(C)CC1CN. The topological polar surface area (TPSA) is 55.6 Å². The second kappa shape index (κ2) is 6.22. The van der Waals surface area contributed by atoms with Crippen LogP contribution >= 0.6 is 0 Å². The van der Waals surface area contributed by atoms with Crippen LogP contribution in [-0.4, -0.2) is 37.0 Å². The zero-order chi connectivity index (χ0) is 14.7. The maximum absolute atomic E-state index is 14.0. The van der Waals surface area contributed by atoms with Gasteiger partial charge in [0.05, 0.1) is 7.11 Å². The molecule has 1 aromatic rings. The smallest absolute Gasteiger partial charge is 0.260 e. The first kappa shape index (κ1) is 14.8. The zero-order valence-corrected chi connectivity index (χ0v) is 11.9. The molecule has 1 aliphatic rings. The number of methoxy groups -OCH3 is 1. The third-order valence-electron chi connectivity index (χ3n) is 3.92. The lowest BCUT2D eigenvalue weighted by atomic mass is 9.91. The quantitative estimate of drug-likeness (QED) is 0.921. The first-order valence-electron chi connectivity index (χ1n) is 6.92. The van der Waals surface area contributed by atoms with E-state index in [1.807, 2.05) is 0 Å². The minimum atomic E-state index is -0.552. The van der Waals surface area contributed by atoms with Gasteiger partial charge in [-0.3, -0.25) is 4.79 Å². The van der Waals surface area contributed by atoms with Crippen LogP contribution in [0.25, 0.3) is 0 Å². The Hall–Kier alpha value is -1.62. The number of amides is 1. The average molecular weight is 280 g/mol. The van der Waals surface area contributed by atoms with E-state index in [-0.39, 0.29) is 23.3 Å². The number of hydrogen-bond donors (Lipinski definition) is 1. The first-order chi connectivity index (χ1) is 9.58. The van der Waals surface area contributed by atoms with Gasteiger partial charge in [0.1, 0.15) is 17.1 Å². The summed E-state index contributed by atoms with van der Waals surface area (Å²) in [6.45, 7) is 3.15. The second-order valence-corrected chi connectivity index (χ2v) is 5.33. The highest BCUT2D eigenvalue weighted by molar-refractivity contribution is 5.97. The Balaban J connectivity index is 2.31. The van der Waals surface area contributed by atoms with Gasteiger partial charge in [0.2, 0.25) is 0 Å². The lowest BCUT2D eigenvalue weighted by molar-refractivity contribution is 0.0565. The number of piperidine rings is 1. The molecule has 0 saturated carbocycles. The number of carbonyl (C=O) groups is 1. The standard InChI is InChI=1S/C15H21FN2O2/c1-10-6-7-18(11(8-10)9-17)15(19)14-12(16)4-3-5-13(14)20-2/h3-5,10-11H,6-9,17H2,1-2H3. The number of halogens is 1. The van der Waals surface area contributed by atoms with Crippen LogP contribution in [0.5, 0.6) is 5.75 Å². The van der Waals surface area contributed by atoms with Crippen molar-refractivity contribution in [2.24, 2.45) is 11.7 Å². The zero-order valence-electron chi connectivity index (χ0n) is 11.9. The van der Waals surface area contributed by atoms with Gasteiger partial charge in [-0.05, 0) is 30.9 Å². The molecule has 0 aromatic heterocycles. The lowest BCUT2D eigenvalue weighted by Gasteiger charge is -2.38. The van der Waals surface area contributed by atoms with Crippen molar-refractivity contribution in [3.05, 3.63) is 29.6 Å². The molecule has 1 aliphatic heterocycles. The highest BCUT2D eigenvalue weighted by atomic mass is 19.1. The number of likely N-dealkylation sites (tertiary alicyclic amines) is 1. The van der Waals surface area contributed by atoms with Crippen molar-refractivity contribution in [1.29, 1.82) is 0 Å². The third-order valence-corrected chi connectivity index (χ3v) is 3.92. The highest BCUT2D eigenvalue weighted by Crippen LogP contribution is 2.28. The molecule has 0 radical (unpaired) electrons. The molecule has 0 bridgehead atoms. The molecule has 2 atom stereocenters. The summed E-state index contributed by atoms with van der Waals surface area (Å²) in [4.78, 5) is 14.3. The maximum atomic E-state index is 14.0. The number of nitrogens with two attached hydrogens (primary N) is 1. The molecule has 20 heavy (non-hydrogen) atoms. The molecule has 1 aromatic carbocycles. The van der Waals surface area contributed by atoms with E-state index in [1.165, 1.54) is 19.2 Å². The fourth-order valence-corrected chi connectivity index (χ4v) is 2.77. The van der Waals surface area contributed by atoms with Gasteiger partial charge >= 0.3 is 0 Å². The fraction of sp³-hybridized carbons (Fsp3) is 0.533. The van der Waals surface area contributed by atoms with Gasteiger partial charge in [-0.2, -0.15) is 0 Å². The number of nitrogens with zero attached hydrogens (tertiary/aromatic N) is 1. The largest absolute Gasteiger partial charge is 0.496 e. The van der Waals surface area contributed by atoms with Crippen molar-refractivity contribution in [2.45, 2.75) is 25.8 Å². The number of hydrogen-bond acceptors (Lipinski definition) is 3. The monoisotopic (exact) mass is 280 g/mol. The van der Waals surface area contributed by atoms with E-state index in [0.717, 1.165) is 12.8 Å². The lowest BCUT2D eigenvalue weighted by Crippen LogP contribution is -2.49. The summed E-state index contributed by atoms with van der Waals surface area (Å²) in [5.41, 5.74) is 5.76. The predicted molar refractivity (Wildman–Crippen MR) is 75.2 cm³/mol. The van der Waals surface area contributed by atoms with E-state index in [9.17, 15) is 9.18 Å². The van der Waals surface area contributed by atoms with Crippen LogP contribution in [-0.2, 0) is 0 Å². The molecule has 2 rings (SSSR count). The Morgan fingerprint density at radius 3 is 2.95 bits per heavy atom. The summed E-state index contributed by atoms with van der Waals surface area (Å²) in [5.74, 6) is -0.0782. The van der Waals surface area contributed by atoms with Gasteiger partial charge in [0.15, 0.2) is 0 Å². The van der Waals surface area contributed by atoms with Gasteiger partial charge in [-0.1, -0.05) is 13.0 Å². The van der Waals surface area contributed by atoms with E-state index < -0.39 is 5.82 Å². The molecule has 1 fully saturated rings. The van der Waals surface area contributed by atoms with Crippen molar-refractivity contribution >= 4 is 5.91 Å². The molecule has 2 N–H and O–H groups in total. The Morgan fingerprint density at radius 2 is 2.30 bits per heavy atom. The van der Waals surface area contributed by atoms with Gasteiger partial charge in [-0.15, -0.1) is 0 Å². The summed E-state index contributed by atoms with van der Waals surface area (Å²) in [6.07, 6.45) is 1.78. The summed E-state index contributed by atoms with van der Waals surface area (Å²) in [5, 5.41) is 0. The molecule has 1 saturated heterocycles. The first-order valence-corrected chi connectivity index (χ1v) is 6.92. The summed E-state index contributed by atoms with van der Waals surface area (Å²) >= 11 is 0. The molecule has 0 spiro atoms. The van der Waals surface area contributed by atoms with E-state index in [4.69, 9.17) is 10.5 Å². The van der Waals surface area contributed by atoms with Crippen LogP contribution in [0, 0.1) is 11.7 Å². The summed E-state index contributed by atoms with van der Waals surface area (Å²) in [6, 6.07) is 4.37. The molecule has 1 amide bonds. The van der Waals surface area contributed by atoms with Crippen molar-refractivity contribution in [3.8, 4) is 5.75 Å². The highest BCUT2D eigenvalue weighted by Gasteiger charge is 2.32. The molecule has 110 valence electrons. The predicted octanol–water partition coefficient (Wildman–Crippen LogP) is 2.03. The van der Waals surface area contributed by atoms with E-state index >= 15 is 0 Å². The minimum Gasteiger partial charge on any atom is -0.496 e. The molecule has 5 heteroatoms. The minimum absolute atomic E-state index is 0.00278. The maximum Gasteiger partial charge on any atom is 0.260 e. The Bertz CT molecular complexity index is 493. The molecule has 1 heterocycles. The molecule has 4 nitrogen and oxygen atoms in total. The fourth-order valence-electron chi connectivity index (χ4n) is 2.77. The van der Waals surface area contributed by atoms with Gasteiger partial charge in [0, 0.05) is 19.1 Å². The molecular formula is C15H21FN2O2. The average Bonchev–Trinajstić information content (AvgIpc) is 2.46. The number of carbonyl (C=O) groups excluding carboxylic acids is 1. The Morgan fingerprint density at radius 1 is 1.55 bits per heavy atom. The van der Waals surface area contributed by atoms with Crippen molar-refractivity contribution in [1.82, 2.24) is 4.90 Å². The Kier molecular flexibility index (Phi) is 4.60. The van der Waals surface area contributed by atoms with Gasteiger partial charge < -0.3 is 15.4 Å². The molecular weight excluding hydrogens is 259 g/mol. The van der Waals surface area contributed by atoms with Crippen molar-refractivity contribution < 1.29 is 13.9 Å². The summed E-state index contributed by atoms with van der Waals surface area (Å²) in [7, 11) is 1.43. The van der Waals surface area contributed by atoms with E-state index in [0.29, 0.717) is 19.0 Å². The van der Waals surface area contributed by atoms with E-state index in [1.54, 1.807) is 11.0 Å². The van der Waals surface area contributed by atoms with Crippen LogP contribution < -0.4 is 10.5 Å². The van der Waals surface area contributed by atoms with Crippen molar-refractivity contribution in [2.75, 3.05) is 20.2 Å². The van der Waals surface area contributed by atoms with Crippen LogP contribution in [0.2, 0.25) is 0 Å². The van der Waals surface area contributed by atoms with Crippen LogP contribution in [0.15, 0.2) is 18.2 Å². The van der Waals surface area contributed by atoms with Gasteiger partial charge in [-0.25, -0.2) is 4.39 Å². The van der Waals surface area contributed by atoms with Crippen molar-refractivity contribution in [3.63, 3.8) is 0 Å². The number of ether oxygens (including phenoxy) is 1. The van der Waals surface area contributed by atoms with E-state index in [2.05, 4.69) is 6.92 Å². The Labute approximate surface area is 118 Å². The van der Waals surface area contributed by atoms with Crippen LogP contribution in [0.4, 0.5) is 4.39 Å². The third kappa shape index (κ3) is 2.77. The summed E-state index contributed by atoms with van der Waals surface area (Å²) < 4.78 is 19.1.